The number of amides is 2. The normalized spacial score (nSPS) is 15.7. The molecule has 2 amide bonds. The number of anilines is 2. The molecule has 0 aliphatic carbocycles. The predicted molar refractivity (Wildman–Crippen MR) is 70.5 cm³/mol. The minimum absolute atomic E-state index is 0.430. The summed E-state index contributed by atoms with van der Waals surface area (Å²) in [5.74, 6) is 0. The first kappa shape index (κ1) is 11.8. The molecule has 2 N–H and O–H groups in total. The van der Waals surface area contributed by atoms with Gasteiger partial charge in [-0.2, -0.15) is 0 Å². The third-order valence-corrected chi connectivity index (χ3v) is 3.27. The topological polar surface area (TPSA) is 49.6 Å². The van der Waals surface area contributed by atoms with Crippen molar-refractivity contribution >= 4 is 17.4 Å². The first-order valence-corrected chi connectivity index (χ1v) is 6.06. The molecule has 92 valence electrons. The third-order valence-electron chi connectivity index (χ3n) is 3.27. The van der Waals surface area contributed by atoms with Gasteiger partial charge in [-0.25, -0.2) is 4.79 Å². The van der Waals surface area contributed by atoms with Gasteiger partial charge >= 0.3 is 6.03 Å². The highest BCUT2D eigenvalue weighted by atomic mass is 16.2. The van der Waals surface area contributed by atoms with Crippen LogP contribution >= 0.6 is 0 Å². The summed E-state index contributed by atoms with van der Waals surface area (Å²) in [6.45, 7) is 2.20. The zero-order chi connectivity index (χ0) is 12.3. The van der Waals surface area contributed by atoms with E-state index in [-0.39, 0.29) is 0 Å². The average Bonchev–Trinajstić information content (AvgIpc) is 2.39. The molecule has 0 spiro atoms. The van der Waals surface area contributed by atoms with E-state index >= 15 is 0 Å². The van der Waals surface area contributed by atoms with E-state index in [0.29, 0.717) is 0 Å². The zero-order valence-electron chi connectivity index (χ0n) is 10.2. The fourth-order valence-electron chi connectivity index (χ4n) is 2.18. The summed E-state index contributed by atoms with van der Waals surface area (Å²) in [5.41, 5.74) is 7.29. The number of hydrogen-bond acceptors (Lipinski definition) is 2. The maximum atomic E-state index is 11.1. The van der Waals surface area contributed by atoms with E-state index in [9.17, 15) is 4.79 Å². The molecule has 1 heterocycles. The maximum absolute atomic E-state index is 11.1. The number of benzene rings is 1. The van der Waals surface area contributed by atoms with E-state index in [1.807, 2.05) is 18.2 Å². The molecular weight excluding hydrogens is 214 g/mol. The Hall–Kier alpha value is -1.71. The van der Waals surface area contributed by atoms with Crippen molar-refractivity contribution in [1.29, 1.82) is 0 Å². The van der Waals surface area contributed by atoms with Crippen LogP contribution in [0.1, 0.15) is 19.3 Å². The van der Waals surface area contributed by atoms with E-state index in [2.05, 4.69) is 11.0 Å². The molecule has 0 atom stereocenters. The lowest BCUT2D eigenvalue weighted by Crippen LogP contribution is -2.32. The fourth-order valence-corrected chi connectivity index (χ4v) is 2.18. The molecule has 1 aromatic carbocycles. The van der Waals surface area contributed by atoms with Crippen molar-refractivity contribution in [1.82, 2.24) is 0 Å². The smallest absolute Gasteiger partial charge is 0.318 e. The van der Waals surface area contributed by atoms with Gasteiger partial charge in [0.2, 0.25) is 0 Å². The van der Waals surface area contributed by atoms with E-state index in [4.69, 9.17) is 5.73 Å². The summed E-state index contributed by atoms with van der Waals surface area (Å²) in [6, 6.07) is 7.55. The second-order valence-electron chi connectivity index (χ2n) is 4.46. The van der Waals surface area contributed by atoms with Gasteiger partial charge in [0.05, 0.1) is 0 Å². The molecule has 0 aromatic heterocycles. The van der Waals surface area contributed by atoms with Crippen molar-refractivity contribution < 1.29 is 4.79 Å². The number of piperidine rings is 1. The molecule has 2 rings (SSSR count). The number of carbonyl (C=O) groups excluding carboxylic acids is 1. The molecule has 0 bridgehead atoms. The van der Waals surface area contributed by atoms with Crippen molar-refractivity contribution in [2.45, 2.75) is 19.3 Å². The molecule has 4 heteroatoms. The van der Waals surface area contributed by atoms with Crippen LogP contribution in [0.3, 0.4) is 0 Å². The van der Waals surface area contributed by atoms with Crippen molar-refractivity contribution in [3.05, 3.63) is 24.3 Å². The van der Waals surface area contributed by atoms with Crippen LogP contribution in [0.5, 0.6) is 0 Å². The standard InChI is InChI=1S/C13H19N3O/c1-15(13(14)17)11-6-5-7-12(10-11)16-8-3-2-4-9-16/h5-7,10H,2-4,8-9H2,1H3,(H2,14,17). The first-order valence-electron chi connectivity index (χ1n) is 6.06. The summed E-state index contributed by atoms with van der Waals surface area (Å²) in [6.07, 6.45) is 3.81. The molecule has 0 radical (unpaired) electrons. The van der Waals surface area contributed by atoms with E-state index < -0.39 is 6.03 Å². The molecular formula is C13H19N3O. The van der Waals surface area contributed by atoms with Crippen LogP contribution in [-0.2, 0) is 0 Å². The monoisotopic (exact) mass is 233 g/mol. The third kappa shape index (κ3) is 2.70. The first-order chi connectivity index (χ1) is 8.18. The van der Waals surface area contributed by atoms with Gasteiger partial charge in [-0.1, -0.05) is 6.07 Å². The van der Waals surface area contributed by atoms with E-state index in [0.717, 1.165) is 18.8 Å². The summed E-state index contributed by atoms with van der Waals surface area (Å²) in [4.78, 5) is 15.0. The van der Waals surface area contributed by atoms with Gasteiger partial charge in [0.25, 0.3) is 0 Å². The van der Waals surface area contributed by atoms with Crippen LogP contribution in [0.2, 0.25) is 0 Å². The van der Waals surface area contributed by atoms with Crippen molar-refractivity contribution in [3.63, 3.8) is 0 Å². The Kier molecular flexibility index (Phi) is 3.52. The zero-order valence-corrected chi connectivity index (χ0v) is 10.2. The second-order valence-corrected chi connectivity index (χ2v) is 4.46. The number of nitrogens with zero attached hydrogens (tertiary/aromatic N) is 2. The predicted octanol–water partition coefficient (Wildman–Crippen LogP) is 2.19. The van der Waals surface area contributed by atoms with Gasteiger partial charge < -0.3 is 10.6 Å². The minimum atomic E-state index is -0.430. The molecule has 1 aromatic rings. The molecule has 1 fully saturated rings. The van der Waals surface area contributed by atoms with Crippen molar-refractivity contribution in [3.8, 4) is 0 Å². The average molecular weight is 233 g/mol. The quantitative estimate of drug-likeness (QED) is 0.851. The van der Waals surface area contributed by atoms with Crippen molar-refractivity contribution in [2.75, 3.05) is 29.9 Å². The number of rotatable bonds is 2. The van der Waals surface area contributed by atoms with Crippen LogP contribution in [0.4, 0.5) is 16.2 Å². The second kappa shape index (κ2) is 5.08. The molecule has 1 saturated heterocycles. The Labute approximate surface area is 102 Å². The lowest BCUT2D eigenvalue weighted by atomic mass is 10.1. The van der Waals surface area contributed by atoms with E-state index in [1.165, 1.54) is 29.8 Å². The van der Waals surface area contributed by atoms with Crippen LogP contribution in [0.25, 0.3) is 0 Å². The number of carbonyl (C=O) groups is 1. The van der Waals surface area contributed by atoms with Crippen molar-refractivity contribution in [2.24, 2.45) is 5.73 Å². The number of primary amides is 1. The number of urea groups is 1. The summed E-state index contributed by atoms with van der Waals surface area (Å²) >= 11 is 0. The highest BCUT2D eigenvalue weighted by molar-refractivity contribution is 5.90. The van der Waals surface area contributed by atoms with Crippen LogP contribution in [0.15, 0.2) is 24.3 Å². The number of nitrogens with two attached hydrogens (primary N) is 1. The fraction of sp³-hybridized carbons (Fsp3) is 0.462. The Bertz CT molecular complexity index is 399. The van der Waals surface area contributed by atoms with Gasteiger partial charge in [0.15, 0.2) is 0 Å². The Morgan fingerprint density at radius 1 is 1.29 bits per heavy atom. The number of hydrogen-bond donors (Lipinski definition) is 1. The van der Waals surface area contributed by atoms with Gasteiger partial charge in [0, 0.05) is 31.5 Å². The lowest BCUT2D eigenvalue weighted by Gasteiger charge is -2.29. The Balaban J connectivity index is 2.18. The lowest BCUT2D eigenvalue weighted by molar-refractivity contribution is 0.255. The van der Waals surface area contributed by atoms with Gasteiger partial charge in [0.1, 0.15) is 0 Å². The SMILES string of the molecule is CN(C(N)=O)c1cccc(N2CCCCC2)c1. The largest absolute Gasteiger partial charge is 0.371 e. The van der Waals surface area contributed by atoms with Crippen LogP contribution in [0, 0.1) is 0 Å². The Morgan fingerprint density at radius 2 is 2.00 bits per heavy atom. The summed E-state index contributed by atoms with van der Waals surface area (Å²) in [5, 5.41) is 0. The van der Waals surface area contributed by atoms with Gasteiger partial charge in [-0.15, -0.1) is 0 Å². The molecule has 17 heavy (non-hydrogen) atoms. The summed E-state index contributed by atoms with van der Waals surface area (Å²) in [7, 11) is 1.69. The Morgan fingerprint density at radius 3 is 2.65 bits per heavy atom. The highest BCUT2D eigenvalue weighted by Gasteiger charge is 2.13. The summed E-state index contributed by atoms with van der Waals surface area (Å²) < 4.78 is 0. The molecule has 0 saturated carbocycles. The molecule has 1 aliphatic heterocycles. The van der Waals surface area contributed by atoms with Gasteiger partial charge in [-0.3, -0.25) is 4.90 Å². The van der Waals surface area contributed by atoms with Crippen LogP contribution < -0.4 is 15.5 Å². The maximum Gasteiger partial charge on any atom is 0.318 e. The molecule has 1 aliphatic rings. The molecule has 0 unspecified atom stereocenters. The van der Waals surface area contributed by atoms with Crippen LogP contribution in [-0.4, -0.2) is 26.2 Å². The van der Waals surface area contributed by atoms with E-state index in [1.54, 1.807) is 7.05 Å². The minimum Gasteiger partial charge on any atom is -0.371 e. The van der Waals surface area contributed by atoms with Gasteiger partial charge in [-0.05, 0) is 37.5 Å². The highest BCUT2D eigenvalue weighted by Crippen LogP contribution is 2.24. The molecule has 4 nitrogen and oxygen atoms in total.